The van der Waals surface area contributed by atoms with Crippen molar-refractivity contribution < 1.29 is 8.81 Å². The van der Waals surface area contributed by atoms with Crippen LogP contribution in [0, 0.1) is 23.3 Å². The van der Waals surface area contributed by atoms with E-state index in [1.807, 2.05) is 0 Å². The van der Waals surface area contributed by atoms with Gasteiger partial charge >= 0.3 is 5.89 Å². The van der Waals surface area contributed by atoms with Gasteiger partial charge in [-0.05, 0) is 6.07 Å². The fourth-order valence-electron chi connectivity index (χ4n) is 0.980. The summed E-state index contributed by atoms with van der Waals surface area (Å²) in [6, 6.07) is 3.13. The second-order valence-corrected chi connectivity index (χ2v) is 2.43. The van der Waals surface area contributed by atoms with Crippen LogP contribution in [0.4, 0.5) is 4.39 Å². The molecule has 0 spiro atoms. The molecule has 0 aliphatic rings. The Morgan fingerprint density at radius 1 is 1.57 bits per heavy atom. The Hall–Kier alpha value is -2.22. The van der Waals surface area contributed by atoms with Gasteiger partial charge in [-0.3, -0.25) is 4.98 Å². The summed E-state index contributed by atoms with van der Waals surface area (Å²) < 4.78 is 18.0. The van der Waals surface area contributed by atoms with E-state index in [0.717, 1.165) is 0 Å². The number of aromatic nitrogens is 2. The van der Waals surface area contributed by atoms with Gasteiger partial charge in [0.25, 0.3) is 0 Å². The third kappa shape index (κ3) is 1.33. The van der Waals surface area contributed by atoms with E-state index < -0.39 is 5.82 Å². The van der Waals surface area contributed by atoms with Crippen molar-refractivity contribution in [3.63, 3.8) is 0 Å². The topological polar surface area (TPSA) is 62.7 Å². The third-order valence-electron chi connectivity index (χ3n) is 1.58. The number of rotatable bonds is 1. The fraction of sp³-hybridized carbons (Fsp3) is 0. The maximum Gasteiger partial charge on any atom is 0.301 e. The van der Waals surface area contributed by atoms with Crippen molar-refractivity contribution in [3.8, 4) is 17.4 Å². The first-order valence-corrected chi connectivity index (χ1v) is 3.70. The van der Waals surface area contributed by atoms with Gasteiger partial charge in [-0.15, -0.1) is 0 Å². The maximum atomic E-state index is 13.1. The molecule has 0 bridgehead atoms. The number of oxazole rings is 1. The quantitative estimate of drug-likeness (QED) is 0.681. The lowest BCUT2D eigenvalue weighted by Gasteiger charge is -1.94. The molecule has 2 rings (SSSR count). The first kappa shape index (κ1) is 8.38. The van der Waals surface area contributed by atoms with Crippen LogP contribution < -0.4 is 0 Å². The summed E-state index contributed by atoms with van der Waals surface area (Å²) in [5.74, 6) is -0.540. The van der Waals surface area contributed by atoms with Crippen LogP contribution in [0.5, 0.6) is 0 Å². The molecule has 2 heterocycles. The van der Waals surface area contributed by atoms with Crippen molar-refractivity contribution in [1.82, 2.24) is 9.97 Å². The summed E-state index contributed by atoms with van der Waals surface area (Å²) in [7, 11) is 0. The van der Waals surface area contributed by atoms with E-state index in [0.29, 0.717) is 0 Å². The molecule has 4 nitrogen and oxygen atoms in total. The maximum absolute atomic E-state index is 13.1. The summed E-state index contributed by atoms with van der Waals surface area (Å²) in [6.45, 7) is 0. The molecule has 2 aromatic rings. The summed E-state index contributed by atoms with van der Waals surface area (Å²) in [5.41, 5.74) is 0.189. The van der Waals surface area contributed by atoms with Gasteiger partial charge in [-0.25, -0.2) is 9.37 Å². The minimum Gasteiger partial charge on any atom is -0.428 e. The van der Waals surface area contributed by atoms with Gasteiger partial charge in [0.15, 0.2) is 17.6 Å². The lowest BCUT2D eigenvalue weighted by Crippen LogP contribution is -1.83. The standard InChI is InChI=1S/C9H3FN3O/c10-7-4-12-2-1-6(7)8-5-13-9(3-11)14-8/h1-2,5H. The highest BCUT2D eigenvalue weighted by molar-refractivity contribution is 5.56. The third-order valence-corrected chi connectivity index (χ3v) is 1.58. The lowest BCUT2D eigenvalue weighted by molar-refractivity contribution is 0.546. The molecule has 0 N–H and O–H groups in total. The van der Waals surface area contributed by atoms with Crippen LogP contribution in [0.2, 0.25) is 0 Å². The average Bonchev–Trinajstić information content (AvgIpc) is 2.67. The zero-order chi connectivity index (χ0) is 9.97. The molecule has 2 aromatic heterocycles. The first-order valence-electron chi connectivity index (χ1n) is 3.70. The lowest BCUT2D eigenvalue weighted by atomic mass is 10.2. The number of hydrogen-bond acceptors (Lipinski definition) is 4. The van der Waals surface area contributed by atoms with Crippen LogP contribution in [-0.2, 0) is 0 Å². The second-order valence-electron chi connectivity index (χ2n) is 2.43. The van der Waals surface area contributed by atoms with Crippen molar-refractivity contribution in [2.45, 2.75) is 0 Å². The molecule has 14 heavy (non-hydrogen) atoms. The highest BCUT2D eigenvalue weighted by Crippen LogP contribution is 2.21. The van der Waals surface area contributed by atoms with Gasteiger partial charge in [0.2, 0.25) is 0 Å². The molecule has 0 fully saturated rings. The van der Waals surface area contributed by atoms with Gasteiger partial charge in [0, 0.05) is 6.20 Å². The second kappa shape index (κ2) is 3.26. The molecule has 0 aliphatic heterocycles. The largest absolute Gasteiger partial charge is 0.428 e. The molecule has 0 aliphatic carbocycles. The monoisotopic (exact) mass is 188 g/mol. The van der Waals surface area contributed by atoms with E-state index in [-0.39, 0.29) is 17.2 Å². The van der Waals surface area contributed by atoms with E-state index in [9.17, 15) is 4.39 Å². The molecule has 0 saturated heterocycles. The predicted molar refractivity (Wildman–Crippen MR) is 43.2 cm³/mol. The number of pyridine rings is 1. The number of hydrogen-bond donors (Lipinski definition) is 0. The Morgan fingerprint density at radius 2 is 2.43 bits per heavy atom. The van der Waals surface area contributed by atoms with Crippen LogP contribution in [-0.4, -0.2) is 9.97 Å². The molecule has 67 valence electrons. The molecule has 0 amide bonds. The smallest absolute Gasteiger partial charge is 0.301 e. The van der Waals surface area contributed by atoms with Gasteiger partial charge in [-0.2, -0.15) is 5.26 Å². The molecule has 5 heteroatoms. The zero-order valence-electron chi connectivity index (χ0n) is 6.86. The zero-order valence-corrected chi connectivity index (χ0v) is 6.86. The predicted octanol–water partition coefficient (Wildman–Crippen LogP) is 1.55. The van der Waals surface area contributed by atoms with Crippen LogP contribution >= 0.6 is 0 Å². The molecule has 1 radical (unpaired) electrons. The molecular formula is C9H3FN3O. The van der Waals surface area contributed by atoms with E-state index in [2.05, 4.69) is 16.2 Å². The van der Waals surface area contributed by atoms with Crippen LogP contribution in [0.3, 0.4) is 0 Å². The Morgan fingerprint density at radius 3 is 3.07 bits per heavy atom. The van der Waals surface area contributed by atoms with E-state index >= 15 is 0 Å². The van der Waals surface area contributed by atoms with Crippen molar-refractivity contribution in [3.05, 3.63) is 36.4 Å². The van der Waals surface area contributed by atoms with Gasteiger partial charge in [0.05, 0.1) is 11.8 Å². The van der Waals surface area contributed by atoms with Crippen LogP contribution in [0.1, 0.15) is 5.89 Å². The van der Waals surface area contributed by atoms with Crippen LogP contribution in [0.15, 0.2) is 22.9 Å². The Kier molecular flexibility index (Phi) is 1.95. The van der Waals surface area contributed by atoms with E-state index in [1.165, 1.54) is 18.5 Å². The normalized spacial score (nSPS) is 9.71. The van der Waals surface area contributed by atoms with Crippen molar-refractivity contribution in [2.75, 3.05) is 0 Å². The van der Waals surface area contributed by atoms with Crippen LogP contribution in [0.25, 0.3) is 11.3 Å². The Labute approximate surface area is 78.6 Å². The number of nitrogens with zero attached hydrogens (tertiary/aromatic N) is 3. The molecule has 0 aromatic carbocycles. The Balaban J connectivity index is 2.51. The molecule has 0 unspecified atom stereocenters. The molecule has 0 saturated carbocycles. The summed E-state index contributed by atoms with van der Waals surface area (Å²) in [6.07, 6.45) is 4.80. The van der Waals surface area contributed by atoms with Crippen molar-refractivity contribution in [2.24, 2.45) is 0 Å². The summed E-state index contributed by atoms with van der Waals surface area (Å²) in [5, 5.41) is 8.45. The van der Waals surface area contributed by atoms with Crippen molar-refractivity contribution in [1.29, 1.82) is 5.26 Å². The number of nitriles is 1. The van der Waals surface area contributed by atoms with Gasteiger partial charge in [-0.1, -0.05) is 0 Å². The average molecular weight is 188 g/mol. The minimum absolute atomic E-state index is 0.101. The fourth-order valence-corrected chi connectivity index (χ4v) is 0.980. The highest BCUT2D eigenvalue weighted by Gasteiger charge is 2.10. The summed E-state index contributed by atoms with van der Waals surface area (Å²) in [4.78, 5) is 7.09. The van der Waals surface area contributed by atoms with Gasteiger partial charge < -0.3 is 4.42 Å². The van der Waals surface area contributed by atoms with E-state index in [1.54, 1.807) is 6.07 Å². The van der Waals surface area contributed by atoms with E-state index in [4.69, 9.17) is 9.68 Å². The summed E-state index contributed by atoms with van der Waals surface area (Å²) >= 11 is 0. The Bertz CT molecular complexity index is 501. The van der Waals surface area contributed by atoms with Crippen molar-refractivity contribution >= 4 is 0 Å². The first-order chi connectivity index (χ1) is 6.81. The molecule has 0 atom stereocenters. The van der Waals surface area contributed by atoms with Gasteiger partial charge in [0.1, 0.15) is 6.20 Å². The highest BCUT2D eigenvalue weighted by atomic mass is 19.1. The minimum atomic E-state index is -0.631. The SMILES string of the molecule is N#Cc1ncc(-c2ccn[c]c2F)o1. The number of halogens is 1. The molecular weight excluding hydrogens is 185 g/mol.